The number of carboxylic acid groups (broad SMARTS) is 1. The minimum Gasteiger partial charge on any atom is -0.478 e. The summed E-state index contributed by atoms with van der Waals surface area (Å²) in [5.74, 6) is 0.270. The van der Waals surface area contributed by atoms with Gasteiger partial charge in [0, 0.05) is 6.54 Å². The van der Waals surface area contributed by atoms with Crippen LogP contribution in [0, 0.1) is 11.8 Å². The number of carbonyl (C=O) groups is 2. The number of para-hydroxylation sites is 1. The van der Waals surface area contributed by atoms with E-state index in [1.54, 1.807) is 18.2 Å². The van der Waals surface area contributed by atoms with Crippen molar-refractivity contribution in [2.75, 3.05) is 11.9 Å². The number of carbonyl (C=O) groups excluding carboxylic acids is 1. The van der Waals surface area contributed by atoms with E-state index in [1.165, 1.54) is 18.9 Å². The van der Waals surface area contributed by atoms with Gasteiger partial charge >= 0.3 is 12.0 Å². The first kappa shape index (κ1) is 15.4. The Morgan fingerprint density at radius 2 is 1.86 bits per heavy atom. The third-order valence-corrected chi connectivity index (χ3v) is 4.09. The van der Waals surface area contributed by atoms with Crippen LogP contribution in [0.4, 0.5) is 10.5 Å². The quantitative estimate of drug-likeness (QED) is 0.795. The molecule has 1 aliphatic rings. The van der Waals surface area contributed by atoms with Crippen LogP contribution in [0.5, 0.6) is 0 Å². The number of nitrogens with one attached hydrogen (secondary N) is 2. The summed E-state index contributed by atoms with van der Waals surface area (Å²) in [7, 11) is 0. The van der Waals surface area contributed by atoms with E-state index in [9.17, 15) is 9.59 Å². The van der Waals surface area contributed by atoms with E-state index in [0.717, 1.165) is 18.8 Å². The molecule has 0 radical (unpaired) electrons. The van der Waals surface area contributed by atoms with Crippen LogP contribution in [0.2, 0.25) is 0 Å². The minimum absolute atomic E-state index is 0.0964. The van der Waals surface area contributed by atoms with Gasteiger partial charge in [-0.3, -0.25) is 0 Å². The molecule has 0 aliphatic heterocycles. The Morgan fingerprint density at radius 3 is 2.52 bits per heavy atom. The summed E-state index contributed by atoms with van der Waals surface area (Å²) >= 11 is 0. The Kier molecular flexibility index (Phi) is 5.20. The highest BCUT2D eigenvalue weighted by molar-refractivity contribution is 5.99. The van der Waals surface area contributed by atoms with E-state index >= 15 is 0 Å². The van der Waals surface area contributed by atoms with E-state index in [2.05, 4.69) is 17.6 Å². The van der Waals surface area contributed by atoms with Gasteiger partial charge in [0.25, 0.3) is 0 Å². The molecule has 1 aromatic carbocycles. The number of anilines is 1. The molecule has 1 saturated carbocycles. The van der Waals surface area contributed by atoms with Crippen LogP contribution < -0.4 is 10.6 Å². The van der Waals surface area contributed by atoms with Gasteiger partial charge in [0.15, 0.2) is 0 Å². The second-order valence-electron chi connectivity index (χ2n) is 5.81. The molecule has 0 unspecified atom stereocenters. The monoisotopic (exact) mass is 290 g/mol. The van der Waals surface area contributed by atoms with Crippen molar-refractivity contribution in [2.45, 2.75) is 32.6 Å². The van der Waals surface area contributed by atoms with Crippen molar-refractivity contribution in [2.24, 2.45) is 11.8 Å². The van der Waals surface area contributed by atoms with Crippen molar-refractivity contribution in [3.8, 4) is 0 Å². The number of amides is 2. The van der Waals surface area contributed by atoms with Gasteiger partial charge in [-0.05, 0) is 36.8 Å². The first-order valence-electron chi connectivity index (χ1n) is 7.43. The van der Waals surface area contributed by atoms with Gasteiger partial charge in [0.2, 0.25) is 0 Å². The number of aromatic carboxylic acids is 1. The maximum atomic E-state index is 11.9. The van der Waals surface area contributed by atoms with Crippen LogP contribution >= 0.6 is 0 Å². The number of benzene rings is 1. The average molecular weight is 290 g/mol. The molecule has 0 bridgehead atoms. The number of urea groups is 1. The predicted octanol–water partition coefficient (Wildman–Crippen LogP) is 3.33. The lowest BCUT2D eigenvalue weighted by Gasteiger charge is -2.26. The summed E-state index contributed by atoms with van der Waals surface area (Å²) < 4.78 is 0. The second kappa shape index (κ2) is 7.11. The van der Waals surface area contributed by atoms with Crippen LogP contribution in [0.3, 0.4) is 0 Å². The summed E-state index contributed by atoms with van der Waals surface area (Å²) in [6.07, 6.45) is 4.73. The Morgan fingerprint density at radius 1 is 1.19 bits per heavy atom. The van der Waals surface area contributed by atoms with Gasteiger partial charge in [-0.2, -0.15) is 0 Å². The van der Waals surface area contributed by atoms with E-state index in [0.29, 0.717) is 18.2 Å². The van der Waals surface area contributed by atoms with Crippen molar-refractivity contribution in [1.29, 1.82) is 0 Å². The molecule has 0 atom stereocenters. The molecule has 2 rings (SSSR count). The van der Waals surface area contributed by atoms with E-state index < -0.39 is 5.97 Å². The van der Waals surface area contributed by atoms with Crippen molar-refractivity contribution in [3.63, 3.8) is 0 Å². The predicted molar refractivity (Wildman–Crippen MR) is 81.5 cm³/mol. The highest BCUT2D eigenvalue weighted by atomic mass is 16.4. The highest BCUT2D eigenvalue weighted by Crippen LogP contribution is 2.27. The Hall–Kier alpha value is -2.04. The number of hydrogen-bond donors (Lipinski definition) is 3. The van der Waals surface area contributed by atoms with Gasteiger partial charge in [-0.1, -0.05) is 31.9 Å². The summed E-state index contributed by atoms with van der Waals surface area (Å²) in [6, 6.07) is 6.05. The van der Waals surface area contributed by atoms with Crippen molar-refractivity contribution >= 4 is 17.7 Å². The lowest BCUT2D eigenvalue weighted by molar-refractivity contribution is 0.0698. The van der Waals surface area contributed by atoms with Gasteiger partial charge in [0.05, 0.1) is 11.3 Å². The fourth-order valence-electron chi connectivity index (χ4n) is 2.72. The minimum atomic E-state index is -1.05. The van der Waals surface area contributed by atoms with Gasteiger partial charge in [0.1, 0.15) is 0 Å². The van der Waals surface area contributed by atoms with Gasteiger partial charge in [-0.15, -0.1) is 0 Å². The fraction of sp³-hybridized carbons (Fsp3) is 0.500. The molecule has 21 heavy (non-hydrogen) atoms. The zero-order chi connectivity index (χ0) is 15.2. The molecule has 3 N–H and O–H groups in total. The van der Waals surface area contributed by atoms with Gasteiger partial charge in [-0.25, -0.2) is 9.59 Å². The first-order valence-corrected chi connectivity index (χ1v) is 7.43. The van der Waals surface area contributed by atoms with Gasteiger partial charge < -0.3 is 15.7 Å². The maximum Gasteiger partial charge on any atom is 0.337 e. The molecule has 0 spiro atoms. The van der Waals surface area contributed by atoms with E-state index in [-0.39, 0.29) is 11.6 Å². The van der Waals surface area contributed by atoms with Crippen molar-refractivity contribution < 1.29 is 14.7 Å². The van der Waals surface area contributed by atoms with Crippen molar-refractivity contribution in [1.82, 2.24) is 5.32 Å². The summed E-state index contributed by atoms with van der Waals surface area (Å²) in [6.45, 7) is 2.91. The number of carboxylic acids is 1. The van der Waals surface area contributed by atoms with E-state index in [4.69, 9.17) is 5.11 Å². The standard InChI is InChI=1S/C16H22N2O3/c1-11-6-8-12(9-7-11)10-17-16(21)18-14-5-3-2-4-13(14)15(19)20/h2-5,11-12H,6-10H2,1H3,(H,19,20)(H2,17,18,21). The molecule has 0 saturated heterocycles. The third kappa shape index (κ3) is 4.48. The third-order valence-electron chi connectivity index (χ3n) is 4.09. The average Bonchev–Trinajstić information content (AvgIpc) is 2.47. The molecule has 0 aromatic heterocycles. The van der Waals surface area contributed by atoms with E-state index in [1.807, 2.05) is 0 Å². The maximum absolute atomic E-state index is 11.9. The Bertz CT molecular complexity index is 508. The molecular formula is C16H22N2O3. The molecular weight excluding hydrogens is 268 g/mol. The molecule has 114 valence electrons. The smallest absolute Gasteiger partial charge is 0.337 e. The second-order valence-corrected chi connectivity index (χ2v) is 5.81. The lowest BCUT2D eigenvalue weighted by Crippen LogP contribution is -2.34. The molecule has 1 fully saturated rings. The first-order chi connectivity index (χ1) is 10.1. The summed E-state index contributed by atoms with van der Waals surface area (Å²) in [4.78, 5) is 22.9. The normalized spacial score (nSPS) is 21.6. The molecule has 0 heterocycles. The largest absolute Gasteiger partial charge is 0.478 e. The summed E-state index contributed by atoms with van der Waals surface area (Å²) in [5, 5.41) is 14.5. The van der Waals surface area contributed by atoms with Crippen molar-refractivity contribution in [3.05, 3.63) is 29.8 Å². The van der Waals surface area contributed by atoms with Crippen LogP contribution in [-0.4, -0.2) is 23.7 Å². The zero-order valence-corrected chi connectivity index (χ0v) is 12.3. The molecule has 5 heteroatoms. The molecule has 2 amide bonds. The zero-order valence-electron chi connectivity index (χ0n) is 12.3. The highest BCUT2D eigenvalue weighted by Gasteiger charge is 2.19. The number of hydrogen-bond acceptors (Lipinski definition) is 2. The topological polar surface area (TPSA) is 78.4 Å². The molecule has 1 aliphatic carbocycles. The molecule has 1 aromatic rings. The molecule has 5 nitrogen and oxygen atoms in total. The fourth-order valence-corrected chi connectivity index (χ4v) is 2.72. The Labute approximate surface area is 124 Å². The van der Waals surface area contributed by atoms with Crippen LogP contribution in [0.25, 0.3) is 0 Å². The Balaban J connectivity index is 1.83. The summed E-state index contributed by atoms with van der Waals surface area (Å²) in [5.41, 5.74) is 0.416. The SMILES string of the molecule is CC1CCC(CNC(=O)Nc2ccccc2C(=O)O)CC1. The lowest BCUT2D eigenvalue weighted by atomic mass is 9.83. The van der Waals surface area contributed by atoms with Crippen LogP contribution in [0.15, 0.2) is 24.3 Å². The number of rotatable bonds is 4. The van der Waals surface area contributed by atoms with Crippen LogP contribution in [0.1, 0.15) is 43.0 Å². The van der Waals surface area contributed by atoms with Crippen LogP contribution in [-0.2, 0) is 0 Å².